The van der Waals surface area contributed by atoms with Crippen LogP contribution >= 0.6 is 0 Å². The first-order valence-corrected chi connectivity index (χ1v) is 6.92. The monoisotopic (exact) mass is 264 g/mol. The van der Waals surface area contributed by atoms with Crippen molar-refractivity contribution in [3.05, 3.63) is 71.8 Å². The summed E-state index contributed by atoms with van der Waals surface area (Å²) in [4.78, 5) is 8.97. The third-order valence-electron chi connectivity index (χ3n) is 3.25. The van der Waals surface area contributed by atoms with E-state index in [1.54, 1.807) is 12.4 Å². The Morgan fingerprint density at radius 1 is 0.650 bits per heavy atom. The molecule has 102 valence electrons. The minimum absolute atomic E-state index is 0.162. The van der Waals surface area contributed by atoms with E-state index in [0.29, 0.717) is 0 Å². The van der Waals surface area contributed by atoms with Crippen molar-refractivity contribution in [2.45, 2.75) is 25.9 Å². The molecule has 2 rings (SSSR count). The van der Waals surface area contributed by atoms with Gasteiger partial charge in [0.1, 0.15) is 0 Å². The van der Waals surface area contributed by atoms with Crippen LogP contribution in [-0.2, 0) is 0 Å². The molecule has 2 aromatic rings. The van der Waals surface area contributed by atoms with Crippen LogP contribution in [0.1, 0.15) is 37.1 Å². The Bertz CT molecular complexity index is 505. The lowest BCUT2D eigenvalue weighted by Gasteiger charge is -2.06. The van der Waals surface area contributed by atoms with Gasteiger partial charge in [0.05, 0.1) is 12.1 Å². The van der Waals surface area contributed by atoms with Crippen LogP contribution in [0.5, 0.6) is 0 Å². The van der Waals surface area contributed by atoms with Crippen molar-refractivity contribution in [2.24, 2.45) is 9.98 Å². The second-order valence-electron chi connectivity index (χ2n) is 4.77. The van der Waals surface area contributed by atoms with Crippen LogP contribution in [0.15, 0.2) is 70.6 Å². The van der Waals surface area contributed by atoms with Crippen molar-refractivity contribution in [1.29, 1.82) is 0 Å². The third kappa shape index (κ3) is 4.16. The topological polar surface area (TPSA) is 24.7 Å². The van der Waals surface area contributed by atoms with Crippen molar-refractivity contribution in [1.82, 2.24) is 0 Å². The Kier molecular flexibility index (Phi) is 5.24. The van der Waals surface area contributed by atoms with E-state index in [0.717, 1.165) is 0 Å². The Balaban J connectivity index is 1.91. The molecule has 0 aliphatic carbocycles. The van der Waals surface area contributed by atoms with Gasteiger partial charge in [-0.25, -0.2) is 0 Å². The fourth-order valence-electron chi connectivity index (χ4n) is 1.97. The molecule has 0 saturated carbocycles. The quantitative estimate of drug-likeness (QED) is 0.702. The van der Waals surface area contributed by atoms with Crippen LogP contribution in [0.4, 0.5) is 0 Å². The summed E-state index contributed by atoms with van der Waals surface area (Å²) in [6, 6.07) is 20.9. The van der Waals surface area contributed by atoms with E-state index in [1.165, 1.54) is 11.1 Å². The summed E-state index contributed by atoms with van der Waals surface area (Å²) >= 11 is 0. The summed E-state index contributed by atoms with van der Waals surface area (Å²) in [7, 11) is 0. The van der Waals surface area contributed by atoms with E-state index in [-0.39, 0.29) is 12.1 Å². The van der Waals surface area contributed by atoms with Crippen LogP contribution in [-0.4, -0.2) is 12.4 Å². The molecule has 0 aliphatic heterocycles. The zero-order valence-corrected chi connectivity index (χ0v) is 12.0. The molecule has 2 nitrogen and oxygen atoms in total. The first-order chi connectivity index (χ1) is 9.77. The molecular weight excluding hydrogens is 244 g/mol. The highest BCUT2D eigenvalue weighted by Gasteiger charge is 2.00. The fraction of sp³-hybridized carbons (Fsp3) is 0.222. The predicted molar refractivity (Wildman–Crippen MR) is 86.7 cm³/mol. The standard InChI is InChI=1S/C18H20N2/c1-15(17-9-5-3-6-10-17)19-13-14-20-16(2)18-11-7-4-8-12-18/h3-16H,1-2H3/b19-13+,20-14+/t15-,16+. The highest BCUT2D eigenvalue weighted by atomic mass is 14.8. The van der Waals surface area contributed by atoms with Crippen molar-refractivity contribution in [3.8, 4) is 0 Å². The van der Waals surface area contributed by atoms with Gasteiger partial charge in [0.25, 0.3) is 0 Å². The normalized spacial score (nSPS) is 14.7. The summed E-state index contributed by atoms with van der Waals surface area (Å²) in [6.07, 6.45) is 3.58. The van der Waals surface area contributed by atoms with Gasteiger partial charge in [0.2, 0.25) is 0 Å². The Morgan fingerprint density at radius 2 is 1.00 bits per heavy atom. The molecular formula is C18H20N2. The number of aliphatic imine (C=N–C) groups is 2. The molecule has 2 heteroatoms. The lowest BCUT2D eigenvalue weighted by Crippen LogP contribution is -1.92. The van der Waals surface area contributed by atoms with E-state index in [1.807, 2.05) is 36.4 Å². The highest BCUT2D eigenvalue weighted by molar-refractivity contribution is 6.16. The van der Waals surface area contributed by atoms with Gasteiger partial charge in [-0.1, -0.05) is 60.7 Å². The van der Waals surface area contributed by atoms with Crippen molar-refractivity contribution in [2.75, 3.05) is 0 Å². The van der Waals surface area contributed by atoms with Crippen molar-refractivity contribution < 1.29 is 0 Å². The number of nitrogens with zero attached hydrogens (tertiary/aromatic N) is 2. The van der Waals surface area contributed by atoms with Gasteiger partial charge in [-0.2, -0.15) is 0 Å². The van der Waals surface area contributed by atoms with Crippen LogP contribution in [0.25, 0.3) is 0 Å². The van der Waals surface area contributed by atoms with Gasteiger partial charge in [0, 0.05) is 12.4 Å². The molecule has 2 aromatic carbocycles. The Labute approximate surface area is 120 Å². The molecule has 2 atom stereocenters. The lowest BCUT2D eigenvalue weighted by molar-refractivity contribution is 0.820. The van der Waals surface area contributed by atoms with Gasteiger partial charge in [-0.05, 0) is 25.0 Å². The second kappa shape index (κ2) is 7.39. The molecule has 0 fully saturated rings. The molecule has 0 bridgehead atoms. The number of hydrogen-bond acceptors (Lipinski definition) is 2. The molecule has 0 spiro atoms. The van der Waals surface area contributed by atoms with Gasteiger partial charge >= 0.3 is 0 Å². The number of hydrogen-bond donors (Lipinski definition) is 0. The second-order valence-corrected chi connectivity index (χ2v) is 4.77. The van der Waals surface area contributed by atoms with E-state index < -0.39 is 0 Å². The van der Waals surface area contributed by atoms with Crippen LogP contribution < -0.4 is 0 Å². The van der Waals surface area contributed by atoms with Gasteiger partial charge in [-0.3, -0.25) is 9.98 Å². The third-order valence-corrected chi connectivity index (χ3v) is 3.25. The fourth-order valence-corrected chi connectivity index (χ4v) is 1.97. The van der Waals surface area contributed by atoms with Crippen LogP contribution in [0, 0.1) is 0 Å². The van der Waals surface area contributed by atoms with Crippen LogP contribution in [0.2, 0.25) is 0 Å². The zero-order chi connectivity index (χ0) is 14.2. The molecule has 0 unspecified atom stereocenters. The minimum atomic E-state index is 0.162. The minimum Gasteiger partial charge on any atom is -0.284 e. The average Bonchev–Trinajstić information content (AvgIpc) is 2.53. The maximum absolute atomic E-state index is 4.49. The van der Waals surface area contributed by atoms with Gasteiger partial charge in [0.15, 0.2) is 0 Å². The summed E-state index contributed by atoms with van der Waals surface area (Å²) in [5, 5.41) is 0. The smallest absolute Gasteiger partial charge is 0.0721 e. The summed E-state index contributed by atoms with van der Waals surface area (Å²) in [5.74, 6) is 0. The Hall–Kier alpha value is -2.22. The highest BCUT2D eigenvalue weighted by Crippen LogP contribution is 2.16. The molecule has 0 saturated heterocycles. The lowest BCUT2D eigenvalue weighted by atomic mass is 10.1. The molecule has 0 heterocycles. The predicted octanol–water partition coefficient (Wildman–Crippen LogP) is 4.65. The van der Waals surface area contributed by atoms with Crippen molar-refractivity contribution in [3.63, 3.8) is 0 Å². The molecule has 0 amide bonds. The molecule has 0 aromatic heterocycles. The first-order valence-electron chi connectivity index (χ1n) is 6.92. The Morgan fingerprint density at radius 3 is 1.35 bits per heavy atom. The summed E-state index contributed by atoms with van der Waals surface area (Å²) < 4.78 is 0. The molecule has 20 heavy (non-hydrogen) atoms. The van der Waals surface area contributed by atoms with Gasteiger partial charge < -0.3 is 0 Å². The summed E-state index contributed by atoms with van der Waals surface area (Å²) in [6.45, 7) is 4.17. The van der Waals surface area contributed by atoms with Crippen LogP contribution in [0.3, 0.4) is 0 Å². The average molecular weight is 264 g/mol. The van der Waals surface area contributed by atoms with Gasteiger partial charge in [-0.15, -0.1) is 0 Å². The van der Waals surface area contributed by atoms with E-state index in [9.17, 15) is 0 Å². The molecule has 0 aliphatic rings. The van der Waals surface area contributed by atoms with E-state index in [2.05, 4.69) is 48.1 Å². The van der Waals surface area contributed by atoms with E-state index >= 15 is 0 Å². The maximum atomic E-state index is 4.49. The molecule has 0 N–H and O–H groups in total. The molecule has 0 radical (unpaired) electrons. The maximum Gasteiger partial charge on any atom is 0.0721 e. The van der Waals surface area contributed by atoms with Crippen molar-refractivity contribution >= 4 is 12.4 Å². The largest absolute Gasteiger partial charge is 0.284 e. The summed E-state index contributed by atoms with van der Waals surface area (Å²) in [5.41, 5.74) is 2.43. The SMILES string of the molecule is C[C@H](/N=C/C=N/[C@H](C)c1ccccc1)c1ccccc1. The first kappa shape index (κ1) is 14.2. The zero-order valence-electron chi connectivity index (χ0n) is 12.0. The number of rotatable bonds is 5. The van der Waals surface area contributed by atoms with E-state index in [4.69, 9.17) is 0 Å². The number of benzene rings is 2.